The molecule has 2 rings (SSSR count). The van der Waals surface area contributed by atoms with Crippen molar-refractivity contribution >= 4 is 0 Å². The van der Waals surface area contributed by atoms with E-state index in [0.717, 1.165) is 25.6 Å². The van der Waals surface area contributed by atoms with Crippen LogP contribution in [0.25, 0.3) is 0 Å². The highest BCUT2D eigenvalue weighted by Crippen LogP contribution is 2.22. The second kappa shape index (κ2) is 8.52. The minimum atomic E-state index is 0.734. The van der Waals surface area contributed by atoms with Gasteiger partial charge < -0.3 is 10.6 Å². The minimum Gasteiger partial charge on any atom is -0.330 e. The molecule has 0 aromatic heterocycles. The average Bonchev–Trinajstić information content (AvgIpc) is 2.48. The summed E-state index contributed by atoms with van der Waals surface area (Å²) in [5, 5.41) is 0. The lowest BCUT2D eigenvalue weighted by atomic mass is 9.98. The van der Waals surface area contributed by atoms with Crippen LogP contribution in [-0.2, 0) is 13.0 Å². The molecule has 21 heavy (non-hydrogen) atoms. The molecule has 1 fully saturated rings. The van der Waals surface area contributed by atoms with Gasteiger partial charge in [0.2, 0.25) is 0 Å². The second-order valence-corrected chi connectivity index (χ2v) is 6.57. The zero-order valence-electron chi connectivity index (χ0n) is 13.7. The molecule has 0 bridgehead atoms. The molecule has 0 amide bonds. The molecular formula is C18H31N3. The van der Waals surface area contributed by atoms with Crippen LogP contribution in [0, 0.1) is 0 Å². The smallest absolute Gasteiger partial charge is 0.0236 e. The summed E-state index contributed by atoms with van der Waals surface area (Å²) < 4.78 is 0. The van der Waals surface area contributed by atoms with Gasteiger partial charge in [0.15, 0.2) is 0 Å². The standard InChI is InChI=1S/C18H31N3/c1-20(2)14-11-18-5-3-4-13-21(18)15-17-8-6-16(7-9-17)10-12-19/h6-9,18H,3-5,10-15,19H2,1-2H3. The Labute approximate surface area is 130 Å². The number of likely N-dealkylation sites (tertiary alicyclic amines) is 1. The van der Waals surface area contributed by atoms with Gasteiger partial charge in [-0.2, -0.15) is 0 Å². The Kier molecular flexibility index (Phi) is 6.68. The predicted molar refractivity (Wildman–Crippen MR) is 90.4 cm³/mol. The van der Waals surface area contributed by atoms with Crippen LogP contribution in [0.2, 0.25) is 0 Å². The number of nitrogens with two attached hydrogens (primary N) is 1. The zero-order valence-corrected chi connectivity index (χ0v) is 13.7. The Morgan fingerprint density at radius 1 is 1.14 bits per heavy atom. The molecule has 118 valence electrons. The average molecular weight is 289 g/mol. The summed E-state index contributed by atoms with van der Waals surface area (Å²) in [5.74, 6) is 0. The molecule has 1 aromatic rings. The van der Waals surface area contributed by atoms with Crippen LogP contribution in [0.15, 0.2) is 24.3 Å². The van der Waals surface area contributed by atoms with E-state index in [2.05, 4.69) is 48.2 Å². The van der Waals surface area contributed by atoms with Gasteiger partial charge in [-0.25, -0.2) is 0 Å². The van der Waals surface area contributed by atoms with Crippen molar-refractivity contribution in [3.63, 3.8) is 0 Å². The molecule has 2 N–H and O–H groups in total. The molecule has 0 spiro atoms. The van der Waals surface area contributed by atoms with Crippen molar-refractivity contribution in [1.82, 2.24) is 9.80 Å². The molecule has 1 heterocycles. The normalized spacial score (nSPS) is 20.1. The summed E-state index contributed by atoms with van der Waals surface area (Å²) in [6.45, 7) is 4.28. The molecule has 1 aliphatic heterocycles. The Bertz CT molecular complexity index is 399. The Balaban J connectivity index is 1.91. The molecule has 3 heteroatoms. The maximum absolute atomic E-state index is 5.61. The van der Waals surface area contributed by atoms with Gasteiger partial charge in [0, 0.05) is 12.6 Å². The van der Waals surface area contributed by atoms with Gasteiger partial charge in [-0.3, -0.25) is 4.90 Å². The van der Waals surface area contributed by atoms with E-state index < -0.39 is 0 Å². The van der Waals surface area contributed by atoms with Gasteiger partial charge >= 0.3 is 0 Å². The fraction of sp³-hybridized carbons (Fsp3) is 0.667. The number of rotatable bonds is 7. The minimum absolute atomic E-state index is 0.734. The van der Waals surface area contributed by atoms with Crippen LogP contribution >= 0.6 is 0 Å². The van der Waals surface area contributed by atoms with Gasteiger partial charge in [-0.05, 0) is 70.5 Å². The predicted octanol–water partition coefficient (Wildman–Crippen LogP) is 2.49. The van der Waals surface area contributed by atoms with Crippen LogP contribution in [-0.4, -0.2) is 49.6 Å². The van der Waals surface area contributed by atoms with E-state index in [1.54, 1.807) is 0 Å². The van der Waals surface area contributed by atoms with Crippen LogP contribution in [0.5, 0.6) is 0 Å². The van der Waals surface area contributed by atoms with E-state index >= 15 is 0 Å². The molecule has 1 unspecified atom stereocenters. The van der Waals surface area contributed by atoms with Crippen LogP contribution in [0.3, 0.4) is 0 Å². The lowest BCUT2D eigenvalue weighted by Crippen LogP contribution is -2.40. The molecule has 0 radical (unpaired) electrons. The Morgan fingerprint density at radius 3 is 2.52 bits per heavy atom. The van der Waals surface area contributed by atoms with E-state index in [4.69, 9.17) is 5.73 Å². The zero-order chi connectivity index (χ0) is 15.1. The lowest BCUT2D eigenvalue weighted by Gasteiger charge is -2.36. The fourth-order valence-electron chi connectivity index (χ4n) is 3.21. The number of benzene rings is 1. The van der Waals surface area contributed by atoms with E-state index in [1.807, 2.05) is 0 Å². The van der Waals surface area contributed by atoms with Crippen molar-refractivity contribution in [3.05, 3.63) is 35.4 Å². The van der Waals surface area contributed by atoms with E-state index in [0.29, 0.717) is 0 Å². The third kappa shape index (κ3) is 5.42. The van der Waals surface area contributed by atoms with Gasteiger partial charge in [0.25, 0.3) is 0 Å². The number of nitrogens with zero attached hydrogens (tertiary/aromatic N) is 2. The van der Waals surface area contributed by atoms with E-state index in [1.165, 1.54) is 49.9 Å². The Hall–Kier alpha value is -0.900. The van der Waals surface area contributed by atoms with E-state index in [-0.39, 0.29) is 0 Å². The van der Waals surface area contributed by atoms with Crippen LogP contribution in [0.1, 0.15) is 36.8 Å². The van der Waals surface area contributed by atoms with Crippen molar-refractivity contribution in [2.45, 2.75) is 44.7 Å². The molecule has 0 saturated carbocycles. The van der Waals surface area contributed by atoms with Crippen molar-refractivity contribution in [2.24, 2.45) is 5.73 Å². The highest BCUT2D eigenvalue weighted by atomic mass is 15.2. The quantitative estimate of drug-likeness (QED) is 0.837. The maximum Gasteiger partial charge on any atom is 0.0236 e. The number of piperidine rings is 1. The molecule has 1 aliphatic rings. The largest absolute Gasteiger partial charge is 0.330 e. The van der Waals surface area contributed by atoms with Crippen molar-refractivity contribution < 1.29 is 0 Å². The summed E-state index contributed by atoms with van der Waals surface area (Å²) >= 11 is 0. The first kappa shape index (κ1) is 16.5. The summed E-state index contributed by atoms with van der Waals surface area (Å²) in [5.41, 5.74) is 8.40. The third-order valence-electron chi connectivity index (χ3n) is 4.50. The monoisotopic (exact) mass is 289 g/mol. The first-order valence-electron chi connectivity index (χ1n) is 8.35. The van der Waals surface area contributed by atoms with Gasteiger partial charge in [0.1, 0.15) is 0 Å². The third-order valence-corrected chi connectivity index (χ3v) is 4.50. The van der Waals surface area contributed by atoms with E-state index in [9.17, 15) is 0 Å². The summed E-state index contributed by atoms with van der Waals surface area (Å²) in [6, 6.07) is 9.79. The fourth-order valence-corrected chi connectivity index (χ4v) is 3.21. The van der Waals surface area contributed by atoms with Crippen molar-refractivity contribution in [3.8, 4) is 0 Å². The number of hydrogen-bond donors (Lipinski definition) is 1. The van der Waals surface area contributed by atoms with Crippen LogP contribution in [0.4, 0.5) is 0 Å². The molecule has 1 atom stereocenters. The van der Waals surface area contributed by atoms with Crippen LogP contribution < -0.4 is 5.73 Å². The summed E-state index contributed by atoms with van der Waals surface area (Å²) in [7, 11) is 4.34. The highest BCUT2D eigenvalue weighted by molar-refractivity contribution is 5.22. The molecule has 0 aliphatic carbocycles. The summed E-state index contributed by atoms with van der Waals surface area (Å²) in [4.78, 5) is 4.99. The van der Waals surface area contributed by atoms with Crippen molar-refractivity contribution in [2.75, 3.05) is 33.7 Å². The molecule has 1 saturated heterocycles. The topological polar surface area (TPSA) is 32.5 Å². The second-order valence-electron chi connectivity index (χ2n) is 6.57. The van der Waals surface area contributed by atoms with Gasteiger partial charge in [-0.1, -0.05) is 30.7 Å². The van der Waals surface area contributed by atoms with Gasteiger partial charge in [0.05, 0.1) is 0 Å². The van der Waals surface area contributed by atoms with Crippen molar-refractivity contribution in [1.29, 1.82) is 0 Å². The maximum atomic E-state index is 5.61. The molecular weight excluding hydrogens is 258 g/mol. The first-order chi connectivity index (χ1) is 10.2. The summed E-state index contributed by atoms with van der Waals surface area (Å²) in [6.07, 6.45) is 6.38. The molecule has 3 nitrogen and oxygen atoms in total. The first-order valence-corrected chi connectivity index (χ1v) is 8.35. The number of hydrogen-bond acceptors (Lipinski definition) is 3. The Morgan fingerprint density at radius 2 is 1.86 bits per heavy atom. The lowest BCUT2D eigenvalue weighted by molar-refractivity contribution is 0.124. The molecule has 1 aromatic carbocycles. The van der Waals surface area contributed by atoms with Gasteiger partial charge in [-0.15, -0.1) is 0 Å². The SMILES string of the molecule is CN(C)CCC1CCCCN1Cc1ccc(CCN)cc1. The highest BCUT2D eigenvalue weighted by Gasteiger charge is 2.22.